The normalized spacial score (nSPS) is 13.3. The first-order chi connectivity index (χ1) is 11.3. The monoisotopic (exact) mass is 328 g/mol. The highest BCUT2D eigenvalue weighted by molar-refractivity contribution is 5.43. The zero-order chi connectivity index (χ0) is 17.3. The van der Waals surface area contributed by atoms with Gasteiger partial charge in [0.2, 0.25) is 0 Å². The Bertz CT molecular complexity index is 829. The van der Waals surface area contributed by atoms with E-state index in [2.05, 4.69) is 41.4 Å². The van der Waals surface area contributed by atoms with Gasteiger partial charge in [-0.3, -0.25) is 10.4 Å². The summed E-state index contributed by atoms with van der Waals surface area (Å²) in [6.07, 6.45) is 0. The van der Waals surface area contributed by atoms with Crippen molar-refractivity contribution < 1.29 is 4.74 Å². The van der Waals surface area contributed by atoms with E-state index in [0.29, 0.717) is 12.4 Å². The van der Waals surface area contributed by atoms with E-state index in [9.17, 15) is 0 Å². The van der Waals surface area contributed by atoms with Crippen LogP contribution in [-0.4, -0.2) is 26.5 Å². The lowest BCUT2D eigenvalue weighted by atomic mass is 9.93. The molecule has 1 aromatic carbocycles. The quantitative estimate of drug-likeness (QED) is 0.494. The lowest BCUT2D eigenvalue weighted by molar-refractivity contribution is 0.264. The molecule has 3 rings (SSSR count). The smallest absolute Gasteiger partial charge is 0.177 e. The second kappa shape index (κ2) is 6.16. The number of ether oxygens (including phenoxy) is 1. The van der Waals surface area contributed by atoms with Crippen molar-refractivity contribution in [1.82, 2.24) is 25.1 Å². The van der Waals surface area contributed by atoms with Crippen molar-refractivity contribution >= 4 is 11.3 Å². The molecule has 7 heteroatoms. The van der Waals surface area contributed by atoms with Crippen LogP contribution in [0.15, 0.2) is 30.3 Å². The van der Waals surface area contributed by atoms with E-state index in [1.807, 2.05) is 35.7 Å². The number of nitrogens with two attached hydrogens (primary N) is 1. The summed E-state index contributed by atoms with van der Waals surface area (Å²) in [4.78, 5) is 0. The van der Waals surface area contributed by atoms with E-state index in [-0.39, 0.29) is 11.5 Å². The lowest BCUT2D eigenvalue weighted by Crippen LogP contribution is -2.25. The van der Waals surface area contributed by atoms with Crippen molar-refractivity contribution in [2.45, 2.75) is 39.2 Å². The summed E-state index contributed by atoms with van der Waals surface area (Å²) in [5.74, 6) is 1.55. The van der Waals surface area contributed by atoms with Crippen LogP contribution >= 0.6 is 0 Å². The first-order valence-corrected chi connectivity index (χ1v) is 8.01. The van der Waals surface area contributed by atoms with Crippen molar-refractivity contribution in [3.63, 3.8) is 0 Å². The average Bonchev–Trinajstić information content (AvgIpc) is 3.06. The Labute approximate surface area is 141 Å². The summed E-state index contributed by atoms with van der Waals surface area (Å²) < 4.78 is 7.58. The molecule has 1 atom stereocenters. The number of benzene rings is 1. The van der Waals surface area contributed by atoms with E-state index in [4.69, 9.17) is 10.5 Å². The fourth-order valence-corrected chi connectivity index (χ4v) is 2.41. The van der Waals surface area contributed by atoms with Crippen molar-refractivity contribution in [3.8, 4) is 5.75 Å². The molecule has 0 aliphatic heterocycles. The van der Waals surface area contributed by atoms with E-state index in [1.54, 1.807) is 6.07 Å². The topological polar surface area (TPSA) is 93.3 Å². The molecule has 1 unspecified atom stereocenters. The number of H-pyrrole nitrogens is 1. The largest absolute Gasteiger partial charge is 0.478 e. The Morgan fingerprint density at radius 3 is 2.79 bits per heavy atom. The molecule has 0 saturated heterocycles. The molecule has 3 aromatic rings. The van der Waals surface area contributed by atoms with Gasteiger partial charge < -0.3 is 10.5 Å². The third-order valence-electron chi connectivity index (χ3n) is 3.90. The van der Waals surface area contributed by atoms with Crippen LogP contribution in [0.2, 0.25) is 0 Å². The molecule has 0 amide bonds. The number of hydrogen-bond acceptors (Lipinski definition) is 5. The zero-order valence-electron chi connectivity index (χ0n) is 14.5. The summed E-state index contributed by atoms with van der Waals surface area (Å²) in [5.41, 5.74) is 8.40. The number of anilines is 1. The number of fused-ring (bicyclic) bond motifs is 1. The maximum Gasteiger partial charge on any atom is 0.177 e. The van der Waals surface area contributed by atoms with Gasteiger partial charge in [-0.25, -0.2) is 4.52 Å². The minimum atomic E-state index is -0.0208. The fraction of sp³-hybridized carbons (Fsp3) is 0.412. The van der Waals surface area contributed by atoms with Gasteiger partial charge in [0, 0.05) is 28.9 Å². The first-order valence-electron chi connectivity index (χ1n) is 8.01. The van der Waals surface area contributed by atoms with E-state index < -0.39 is 0 Å². The molecular weight excluding hydrogens is 304 g/mol. The van der Waals surface area contributed by atoms with Gasteiger partial charge in [-0.15, -0.1) is 10.2 Å². The Morgan fingerprint density at radius 2 is 2.08 bits per heavy atom. The predicted octanol–water partition coefficient (Wildman–Crippen LogP) is 2.62. The summed E-state index contributed by atoms with van der Waals surface area (Å²) >= 11 is 0. The van der Waals surface area contributed by atoms with Gasteiger partial charge in [0.1, 0.15) is 12.5 Å². The van der Waals surface area contributed by atoms with Crippen LogP contribution < -0.4 is 15.8 Å². The van der Waals surface area contributed by atoms with Gasteiger partial charge in [-0.2, -0.15) is 0 Å². The first kappa shape index (κ1) is 16.3. The SMILES string of the molecule is CC(NCOc1cccc(N)c1)c1nnc2cc(C(C)(C)C)[nH]n12. The van der Waals surface area contributed by atoms with Crippen molar-refractivity contribution in [2.24, 2.45) is 0 Å². The number of nitrogen functional groups attached to an aromatic ring is 1. The molecule has 0 aliphatic carbocycles. The Morgan fingerprint density at radius 1 is 1.29 bits per heavy atom. The van der Waals surface area contributed by atoms with Crippen LogP contribution in [0, 0.1) is 0 Å². The highest BCUT2D eigenvalue weighted by Crippen LogP contribution is 2.23. The zero-order valence-corrected chi connectivity index (χ0v) is 14.5. The minimum absolute atomic E-state index is 0.0208. The molecule has 2 heterocycles. The Kier molecular flexibility index (Phi) is 4.19. The number of aromatic amines is 1. The van der Waals surface area contributed by atoms with Crippen LogP contribution in [0.4, 0.5) is 5.69 Å². The van der Waals surface area contributed by atoms with Crippen molar-refractivity contribution in [3.05, 3.63) is 41.9 Å². The number of aromatic nitrogens is 4. The summed E-state index contributed by atoms with van der Waals surface area (Å²) in [5, 5.41) is 15.2. The molecule has 4 N–H and O–H groups in total. The van der Waals surface area contributed by atoms with Crippen LogP contribution in [0.5, 0.6) is 5.75 Å². The van der Waals surface area contributed by atoms with E-state index in [1.165, 1.54) is 0 Å². The number of nitrogens with zero attached hydrogens (tertiary/aromatic N) is 3. The summed E-state index contributed by atoms with van der Waals surface area (Å²) in [6.45, 7) is 8.86. The van der Waals surface area contributed by atoms with E-state index >= 15 is 0 Å². The number of nitrogens with one attached hydrogen (secondary N) is 2. The maximum absolute atomic E-state index is 5.74. The molecule has 0 bridgehead atoms. The minimum Gasteiger partial charge on any atom is -0.478 e. The Hall–Kier alpha value is -2.54. The molecule has 0 saturated carbocycles. The van der Waals surface area contributed by atoms with Crippen LogP contribution in [0.25, 0.3) is 5.65 Å². The fourth-order valence-electron chi connectivity index (χ4n) is 2.41. The van der Waals surface area contributed by atoms with Gasteiger partial charge in [-0.1, -0.05) is 26.8 Å². The third-order valence-corrected chi connectivity index (χ3v) is 3.90. The molecule has 128 valence electrons. The van der Waals surface area contributed by atoms with Gasteiger partial charge in [0.05, 0.1) is 6.04 Å². The number of rotatable bonds is 5. The van der Waals surface area contributed by atoms with Crippen molar-refractivity contribution in [1.29, 1.82) is 0 Å². The molecule has 2 aromatic heterocycles. The predicted molar refractivity (Wildman–Crippen MR) is 93.9 cm³/mol. The van der Waals surface area contributed by atoms with Crippen molar-refractivity contribution in [2.75, 3.05) is 12.5 Å². The third kappa shape index (κ3) is 3.35. The lowest BCUT2D eigenvalue weighted by Gasteiger charge is -2.16. The van der Waals surface area contributed by atoms with Crippen LogP contribution in [0.1, 0.15) is 45.3 Å². The molecular formula is C17H24N6O. The molecule has 0 fully saturated rings. The summed E-state index contributed by atoms with van der Waals surface area (Å²) in [7, 11) is 0. The van der Waals surface area contributed by atoms with Gasteiger partial charge in [-0.05, 0) is 19.1 Å². The van der Waals surface area contributed by atoms with E-state index in [0.717, 1.165) is 22.9 Å². The van der Waals surface area contributed by atoms with Gasteiger partial charge in [0.15, 0.2) is 11.5 Å². The highest BCUT2D eigenvalue weighted by Gasteiger charge is 2.20. The highest BCUT2D eigenvalue weighted by atomic mass is 16.5. The van der Waals surface area contributed by atoms with Gasteiger partial charge >= 0.3 is 0 Å². The molecule has 7 nitrogen and oxygen atoms in total. The molecule has 0 aliphatic rings. The van der Waals surface area contributed by atoms with Crippen LogP contribution in [-0.2, 0) is 5.41 Å². The van der Waals surface area contributed by atoms with Gasteiger partial charge in [0.25, 0.3) is 0 Å². The molecule has 24 heavy (non-hydrogen) atoms. The second-order valence-corrected chi connectivity index (χ2v) is 6.96. The Balaban J connectivity index is 1.67. The second-order valence-electron chi connectivity index (χ2n) is 6.96. The number of hydrogen-bond donors (Lipinski definition) is 3. The van der Waals surface area contributed by atoms with Crippen LogP contribution in [0.3, 0.4) is 0 Å². The summed E-state index contributed by atoms with van der Waals surface area (Å²) in [6, 6.07) is 9.37. The average molecular weight is 328 g/mol. The maximum atomic E-state index is 5.74. The molecule has 0 radical (unpaired) electrons. The molecule has 0 spiro atoms. The standard InChI is InChI=1S/C17H24N6O/c1-11(19-10-24-13-7-5-6-12(18)8-13)16-21-20-15-9-14(17(2,3)4)22-23(15)16/h5-9,11,19,22H,10,18H2,1-4H3.